The molecule has 0 bridgehead atoms. The molecular weight excluding hydrogens is 162 g/mol. The number of nitrogens with zero attached hydrogens (tertiary/aromatic N) is 1. The maximum Gasteiger partial charge on any atom is 0.188 e. The summed E-state index contributed by atoms with van der Waals surface area (Å²) < 4.78 is 0. The predicted octanol–water partition coefficient (Wildman–Crippen LogP) is 1.49. The van der Waals surface area contributed by atoms with E-state index in [9.17, 15) is 0 Å². The van der Waals surface area contributed by atoms with Crippen LogP contribution in [0.25, 0.3) is 0 Å². The van der Waals surface area contributed by atoms with Crippen molar-refractivity contribution in [3.05, 3.63) is 0 Å². The van der Waals surface area contributed by atoms with Gasteiger partial charge in [0.2, 0.25) is 0 Å². The number of hydrogen-bond acceptors (Lipinski definition) is 1. The lowest BCUT2D eigenvalue weighted by Gasteiger charge is -2.17. The quantitative estimate of drug-likeness (QED) is 0.514. The summed E-state index contributed by atoms with van der Waals surface area (Å²) in [7, 11) is 0. The molecule has 0 aliphatic heterocycles. The number of guanidine groups is 1. The Kier molecular flexibility index (Phi) is 4.06. The zero-order valence-electron chi connectivity index (χ0n) is 8.71. The molecule has 0 saturated heterocycles. The summed E-state index contributed by atoms with van der Waals surface area (Å²) in [4.78, 5) is 4.22. The van der Waals surface area contributed by atoms with Crippen LogP contribution in [-0.2, 0) is 0 Å². The van der Waals surface area contributed by atoms with Gasteiger partial charge in [-0.15, -0.1) is 0 Å². The van der Waals surface area contributed by atoms with Crippen molar-refractivity contribution < 1.29 is 0 Å². The Morgan fingerprint density at radius 2 is 2.31 bits per heavy atom. The maximum atomic E-state index is 5.74. The molecule has 0 radical (unpaired) electrons. The molecular formula is C10H21N3. The first-order valence-corrected chi connectivity index (χ1v) is 5.30. The van der Waals surface area contributed by atoms with E-state index in [0.717, 1.165) is 18.9 Å². The highest BCUT2D eigenvalue weighted by atomic mass is 15.1. The summed E-state index contributed by atoms with van der Waals surface area (Å²) in [6.07, 6.45) is 4.94. The topological polar surface area (TPSA) is 50.4 Å². The van der Waals surface area contributed by atoms with Crippen LogP contribution in [0.3, 0.4) is 0 Å². The summed E-state index contributed by atoms with van der Waals surface area (Å²) in [6.45, 7) is 5.21. The molecule has 0 amide bonds. The summed E-state index contributed by atoms with van der Waals surface area (Å²) >= 11 is 0. The first-order valence-electron chi connectivity index (χ1n) is 5.30. The van der Waals surface area contributed by atoms with Gasteiger partial charge >= 0.3 is 0 Å². The van der Waals surface area contributed by atoms with Gasteiger partial charge in [-0.2, -0.15) is 0 Å². The molecule has 3 N–H and O–H groups in total. The van der Waals surface area contributed by atoms with E-state index < -0.39 is 0 Å². The Hall–Kier alpha value is -0.730. The third kappa shape index (κ3) is 3.25. The van der Waals surface area contributed by atoms with Crippen molar-refractivity contribution in [2.45, 2.75) is 45.6 Å². The van der Waals surface area contributed by atoms with E-state index in [2.05, 4.69) is 24.2 Å². The Balaban J connectivity index is 2.30. The molecule has 0 aromatic carbocycles. The van der Waals surface area contributed by atoms with Gasteiger partial charge in [0, 0.05) is 12.6 Å². The van der Waals surface area contributed by atoms with Gasteiger partial charge in [-0.05, 0) is 25.2 Å². The third-order valence-electron chi connectivity index (χ3n) is 2.70. The van der Waals surface area contributed by atoms with Gasteiger partial charge < -0.3 is 11.1 Å². The average Bonchev–Trinajstić information content (AvgIpc) is 2.48. The number of rotatable bonds is 3. The smallest absolute Gasteiger partial charge is 0.188 e. The van der Waals surface area contributed by atoms with E-state index in [1.165, 1.54) is 19.3 Å². The van der Waals surface area contributed by atoms with Crippen molar-refractivity contribution in [3.63, 3.8) is 0 Å². The molecule has 0 aromatic heterocycles. The van der Waals surface area contributed by atoms with Crippen LogP contribution >= 0.6 is 0 Å². The molecule has 76 valence electrons. The zero-order chi connectivity index (χ0) is 9.68. The molecule has 1 saturated carbocycles. The Bertz CT molecular complexity index is 177. The van der Waals surface area contributed by atoms with Crippen molar-refractivity contribution in [1.82, 2.24) is 5.32 Å². The molecule has 1 aliphatic carbocycles. The predicted molar refractivity (Wildman–Crippen MR) is 56.7 cm³/mol. The second-order valence-electron chi connectivity index (χ2n) is 3.93. The van der Waals surface area contributed by atoms with Gasteiger partial charge in [-0.1, -0.05) is 20.3 Å². The molecule has 1 fully saturated rings. The van der Waals surface area contributed by atoms with Crippen LogP contribution in [-0.4, -0.2) is 18.5 Å². The summed E-state index contributed by atoms with van der Waals surface area (Å²) in [5.74, 6) is 1.37. The third-order valence-corrected chi connectivity index (χ3v) is 2.70. The second-order valence-corrected chi connectivity index (χ2v) is 3.93. The number of aliphatic imine (C=N–C) groups is 1. The highest BCUT2D eigenvalue weighted by Crippen LogP contribution is 2.24. The minimum atomic E-state index is 0.556. The SMILES string of the molecule is CCCN=C(N)NC1CCCC1C. The van der Waals surface area contributed by atoms with E-state index >= 15 is 0 Å². The summed E-state index contributed by atoms with van der Waals surface area (Å²) in [5.41, 5.74) is 5.74. The van der Waals surface area contributed by atoms with Crippen LogP contribution in [0.2, 0.25) is 0 Å². The Morgan fingerprint density at radius 1 is 1.54 bits per heavy atom. The van der Waals surface area contributed by atoms with Gasteiger partial charge in [-0.3, -0.25) is 4.99 Å². The van der Waals surface area contributed by atoms with Crippen LogP contribution in [0, 0.1) is 5.92 Å². The van der Waals surface area contributed by atoms with Crippen LogP contribution < -0.4 is 11.1 Å². The van der Waals surface area contributed by atoms with E-state index in [-0.39, 0.29) is 0 Å². The number of hydrogen-bond donors (Lipinski definition) is 2. The lowest BCUT2D eigenvalue weighted by molar-refractivity contribution is 0.485. The molecule has 1 rings (SSSR count). The van der Waals surface area contributed by atoms with Crippen LogP contribution in [0.4, 0.5) is 0 Å². The standard InChI is InChI=1S/C10H21N3/c1-3-7-12-10(11)13-9-6-4-5-8(9)2/h8-9H,3-7H2,1-2H3,(H3,11,12,13). The normalized spacial score (nSPS) is 29.2. The zero-order valence-corrected chi connectivity index (χ0v) is 8.71. The summed E-state index contributed by atoms with van der Waals surface area (Å²) in [6, 6.07) is 0.556. The number of nitrogens with one attached hydrogen (secondary N) is 1. The van der Waals surface area contributed by atoms with Gasteiger partial charge in [-0.25, -0.2) is 0 Å². The van der Waals surface area contributed by atoms with Crippen molar-refractivity contribution in [1.29, 1.82) is 0 Å². The Morgan fingerprint density at radius 3 is 2.85 bits per heavy atom. The lowest BCUT2D eigenvalue weighted by Crippen LogP contribution is -2.41. The summed E-state index contributed by atoms with van der Waals surface area (Å²) in [5, 5.41) is 3.29. The molecule has 0 spiro atoms. The fraction of sp³-hybridized carbons (Fsp3) is 0.900. The van der Waals surface area contributed by atoms with E-state index in [0.29, 0.717) is 12.0 Å². The van der Waals surface area contributed by atoms with Gasteiger partial charge in [0.1, 0.15) is 0 Å². The highest BCUT2D eigenvalue weighted by molar-refractivity contribution is 5.78. The first-order chi connectivity index (χ1) is 6.24. The first kappa shape index (κ1) is 10.4. The van der Waals surface area contributed by atoms with Crippen LogP contribution in [0.15, 0.2) is 4.99 Å². The van der Waals surface area contributed by atoms with Crippen LogP contribution in [0.1, 0.15) is 39.5 Å². The van der Waals surface area contributed by atoms with E-state index in [1.54, 1.807) is 0 Å². The monoisotopic (exact) mass is 183 g/mol. The van der Waals surface area contributed by atoms with Crippen LogP contribution in [0.5, 0.6) is 0 Å². The minimum absolute atomic E-state index is 0.556. The molecule has 1 aliphatic rings. The van der Waals surface area contributed by atoms with Crippen molar-refractivity contribution in [3.8, 4) is 0 Å². The molecule has 2 unspecified atom stereocenters. The highest BCUT2D eigenvalue weighted by Gasteiger charge is 2.23. The van der Waals surface area contributed by atoms with Gasteiger partial charge in [0.05, 0.1) is 0 Å². The van der Waals surface area contributed by atoms with Crippen molar-refractivity contribution in [2.75, 3.05) is 6.54 Å². The molecule has 0 heterocycles. The molecule has 2 atom stereocenters. The largest absolute Gasteiger partial charge is 0.370 e. The molecule has 3 nitrogen and oxygen atoms in total. The number of nitrogens with two attached hydrogens (primary N) is 1. The fourth-order valence-corrected chi connectivity index (χ4v) is 1.83. The average molecular weight is 183 g/mol. The fourth-order valence-electron chi connectivity index (χ4n) is 1.83. The second kappa shape index (κ2) is 5.10. The minimum Gasteiger partial charge on any atom is -0.370 e. The molecule has 0 aromatic rings. The Labute approximate surface area is 80.8 Å². The molecule has 3 heteroatoms. The maximum absolute atomic E-state index is 5.74. The van der Waals surface area contributed by atoms with E-state index in [4.69, 9.17) is 5.73 Å². The van der Waals surface area contributed by atoms with E-state index in [1.807, 2.05) is 0 Å². The van der Waals surface area contributed by atoms with Crippen molar-refractivity contribution in [2.24, 2.45) is 16.6 Å². The van der Waals surface area contributed by atoms with Gasteiger partial charge in [0.25, 0.3) is 0 Å². The molecule has 13 heavy (non-hydrogen) atoms. The lowest BCUT2D eigenvalue weighted by atomic mass is 10.1. The van der Waals surface area contributed by atoms with Gasteiger partial charge in [0.15, 0.2) is 5.96 Å². The van der Waals surface area contributed by atoms with Crippen molar-refractivity contribution >= 4 is 5.96 Å².